The third-order valence-electron chi connectivity index (χ3n) is 2.67. The maximum Gasteiger partial charge on any atom is 0.222 e. The van der Waals surface area contributed by atoms with Crippen molar-refractivity contribution in [2.24, 2.45) is 5.92 Å². The lowest BCUT2D eigenvalue weighted by Gasteiger charge is -2.07. The van der Waals surface area contributed by atoms with Gasteiger partial charge in [-0.25, -0.2) is 4.98 Å². The van der Waals surface area contributed by atoms with E-state index in [4.69, 9.17) is 0 Å². The minimum absolute atomic E-state index is 0.0310. The molecule has 4 nitrogen and oxygen atoms in total. The molecule has 1 amide bonds. The van der Waals surface area contributed by atoms with Crippen LogP contribution in [0.5, 0.6) is 0 Å². The Kier molecular flexibility index (Phi) is 4.15. The number of amides is 1. The molecular formula is C13H17N3OS. The van der Waals surface area contributed by atoms with Crippen molar-refractivity contribution in [2.75, 3.05) is 6.54 Å². The summed E-state index contributed by atoms with van der Waals surface area (Å²) in [4.78, 5) is 20.1. The molecule has 0 aliphatic heterocycles. The van der Waals surface area contributed by atoms with E-state index in [0.717, 1.165) is 22.7 Å². The summed E-state index contributed by atoms with van der Waals surface area (Å²) in [5.74, 6) is 0.121. The zero-order valence-corrected chi connectivity index (χ0v) is 11.4. The topological polar surface area (TPSA) is 57.8 Å². The van der Waals surface area contributed by atoms with Gasteiger partial charge in [-0.2, -0.15) is 0 Å². The molecule has 2 heterocycles. The van der Waals surface area contributed by atoms with Gasteiger partial charge in [-0.3, -0.25) is 4.79 Å². The molecule has 0 fully saturated rings. The molecule has 2 aromatic rings. The van der Waals surface area contributed by atoms with Gasteiger partial charge in [0.05, 0.1) is 11.2 Å². The highest BCUT2D eigenvalue weighted by atomic mass is 32.1. The highest BCUT2D eigenvalue weighted by Crippen LogP contribution is 2.25. The molecule has 0 radical (unpaired) electrons. The van der Waals surface area contributed by atoms with Gasteiger partial charge in [0.2, 0.25) is 5.91 Å². The van der Waals surface area contributed by atoms with Crippen molar-refractivity contribution < 1.29 is 4.79 Å². The Morgan fingerprint density at radius 1 is 1.56 bits per heavy atom. The van der Waals surface area contributed by atoms with Gasteiger partial charge < -0.3 is 10.3 Å². The summed E-state index contributed by atoms with van der Waals surface area (Å²) in [5.41, 5.74) is 2.06. The molecule has 0 aliphatic carbocycles. The lowest BCUT2D eigenvalue weighted by molar-refractivity contribution is -0.123. The van der Waals surface area contributed by atoms with Gasteiger partial charge in [-0.1, -0.05) is 19.9 Å². The fraction of sp³-hybridized carbons (Fsp3) is 0.385. The smallest absolute Gasteiger partial charge is 0.222 e. The summed E-state index contributed by atoms with van der Waals surface area (Å²) in [6.45, 7) is 4.42. The first kappa shape index (κ1) is 12.8. The van der Waals surface area contributed by atoms with E-state index in [0.29, 0.717) is 6.54 Å². The number of carbonyl (C=O) groups excluding carboxylic acids is 1. The number of thiophene rings is 1. The van der Waals surface area contributed by atoms with Crippen LogP contribution in [0.2, 0.25) is 0 Å². The Morgan fingerprint density at radius 3 is 3.06 bits per heavy atom. The zero-order chi connectivity index (χ0) is 13.0. The van der Waals surface area contributed by atoms with Gasteiger partial charge in [-0.15, -0.1) is 11.3 Å². The minimum atomic E-state index is 0.0310. The predicted molar refractivity (Wildman–Crippen MR) is 73.5 cm³/mol. The maximum absolute atomic E-state index is 11.5. The lowest BCUT2D eigenvalue weighted by atomic mass is 10.2. The molecule has 0 aromatic carbocycles. The lowest BCUT2D eigenvalue weighted by Crippen LogP contribution is -2.29. The quantitative estimate of drug-likeness (QED) is 0.870. The number of imidazole rings is 1. The average Bonchev–Trinajstić information content (AvgIpc) is 2.98. The van der Waals surface area contributed by atoms with Crippen LogP contribution in [0.15, 0.2) is 23.8 Å². The first-order valence-corrected chi connectivity index (χ1v) is 6.90. The summed E-state index contributed by atoms with van der Waals surface area (Å²) in [6.07, 6.45) is 2.47. The third-order valence-corrected chi connectivity index (χ3v) is 3.55. The summed E-state index contributed by atoms with van der Waals surface area (Å²) < 4.78 is 0. The van der Waals surface area contributed by atoms with E-state index < -0.39 is 0 Å². The van der Waals surface area contributed by atoms with Crippen LogP contribution in [0.4, 0.5) is 0 Å². The average molecular weight is 263 g/mol. The van der Waals surface area contributed by atoms with Crippen LogP contribution in [-0.4, -0.2) is 22.4 Å². The van der Waals surface area contributed by atoms with Crippen LogP contribution in [0, 0.1) is 5.92 Å². The number of aromatic nitrogens is 2. The second kappa shape index (κ2) is 5.82. The van der Waals surface area contributed by atoms with E-state index in [2.05, 4.69) is 21.4 Å². The fourth-order valence-corrected chi connectivity index (χ4v) is 2.40. The molecule has 2 N–H and O–H groups in total. The van der Waals surface area contributed by atoms with E-state index in [1.165, 1.54) is 0 Å². The van der Waals surface area contributed by atoms with E-state index in [1.807, 2.05) is 25.3 Å². The van der Waals surface area contributed by atoms with Crippen molar-refractivity contribution in [2.45, 2.75) is 20.3 Å². The molecule has 0 bridgehead atoms. The summed E-state index contributed by atoms with van der Waals surface area (Å²) in [5, 5.41) is 4.95. The van der Waals surface area contributed by atoms with Crippen molar-refractivity contribution in [3.05, 3.63) is 29.5 Å². The SMILES string of the molecule is CC(C)C(=O)NCCc1[nH]cnc1-c1cccs1. The molecule has 2 rings (SSSR count). The van der Waals surface area contributed by atoms with E-state index >= 15 is 0 Å². The molecule has 0 saturated carbocycles. The largest absolute Gasteiger partial charge is 0.355 e. The summed E-state index contributed by atoms with van der Waals surface area (Å²) in [7, 11) is 0. The molecule has 2 aromatic heterocycles. The van der Waals surface area contributed by atoms with Crippen molar-refractivity contribution in [1.82, 2.24) is 15.3 Å². The van der Waals surface area contributed by atoms with E-state index in [-0.39, 0.29) is 11.8 Å². The maximum atomic E-state index is 11.5. The first-order chi connectivity index (χ1) is 8.68. The third kappa shape index (κ3) is 2.98. The molecule has 0 spiro atoms. The van der Waals surface area contributed by atoms with E-state index in [1.54, 1.807) is 17.7 Å². The van der Waals surface area contributed by atoms with Crippen molar-refractivity contribution in [1.29, 1.82) is 0 Å². The monoisotopic (exact) mass is 263 g/mol. The fourth-order valence-electron chi connectivity index (χ4n) is 1.65. The minimum Gasteiger partial charge on any atom is -0.355 e. The standard InChI is InChI=1S/C13H17N3OS/c1-9(2)13(17)14-6-5-10-12(16-8-15-10)11-4-3-7-18-11/h3-4,7-9H,5-6H2,1-2H3,(H,14,17)(H,15,16). The zero-order valence-electron chi connectivity index (χ0n) is 10.6. The number of H-pyrrole nitrogens is 1. The van der Waals surface area contributed by atoms with Crippen LogP contribution in [-0.2, 0) is 11.2 Å². The number of rotatable bonds is 5. The molecule has 0 aliphatic rings. The van der Waals surface area contributed by atoms with Crippen LogP contribution in [0.25, 0.3) is 10.6 Å². The van der Waals surface area contributed by atoms with Gasteiger partial charge in [0.25, 0.3) is 0 Å². The van der Waals surface area contributed by atoms with Crippen molar-refractivity contribution >= 4 is 17.2 Å². The van der Waals surface area contributed by atoms with Gasteiger partial charge in [0, 0.05) is 24.6 Å². The second-order valence-electron chi connectivity index (χ2n) is 4.40. The molecule has 0 saturated heterocycles. The molecular weight excluding hydrogens is 246 g/mol. The number of hydrogen-bond acceptors (Lipinski definition) is 3. The highest BCUT2D eigenvalue weighted by molar-refractivity contribution is 7.13. The van der Waals surface area contributed by atoms with Crippen molar-refractivity contribution in [3.63, 3.8) is 0 Å². The van der Waals surface area contributed by atoms with Gasteiger partial charge in [-0.05, 0) is 11.4 Å². The number of hydrogen-bond donors (Lipinski definition) is 2. The molecule has 18 heavy (non-hydrogen) atoms. The van der Waals surface area contributed by atoms with Crippen LogP contribution in [0.1, 0.15) is 19.5 Å². The Balaban J connectivity index is 1.95. The normalized spacial score (nSPS) is 10.8. The molecule has 0 unspecified atom stereocenters. The summed E-state index contributed by atoms with van der Waals surface area (Å²) in [6, 6.07) is 4.07. The summed E-state index contributed by atoms with van der Waals surface area (Å²) >= 11 is 1.67. The number of aromatic amines is 1. The Morgan fingerprint density at radius 2 is 2.39 bits per heavy atom. The van der Waals surface area contributed by atoms with Gasteiger partial charge in [0.1, 0.15) is 5.69 Å². The first-order valence-electron chi connectivity index (χ1n) is 6.02. The predicted octanol–water partition coefficient (Wildman–Crippen LogP) is 2.45. The number of nitrogens with one attached hydrogen (secondary N) is 2. The van der Waals surface area contributed by atoms with Crippen LogP contribution >= 0.6 is 11.3 Å². The van der Waals surface area contributed by atoms with Crippen LogP contribution < -0.4 is 5.32 Å². The van der Waals surface area contributed by atoms with E-state index in [9.17, 15) is 4.79 Å². The molecule has 0 atom stereocenters. The van der Waals surface area contributed by atoms with Crippen molar-refractivity contribution in [3.8, 4) is 10.6 Å². The second-order valence-corrected chi connectivity index (χ2v) is 5.35. The number of nitrogens with zero attached hydrogens (tertiary/aromatic N) is 1. The Labute approximate surface area is 110 Å². The highest BCUT2D eigenvalue weighted by Gasteiger charge is 2.10. The Hall–Kier alpha value is -1.62. The van der Waals surface area contributed by atoms with Crippen LogP contribution in [0.3, 0.4) is 0 Å². The number of carbonyl (C=O) groups is 1. The Bertz CT molecular complexity index is 502. The molecule has 96 valence electrons. The van der Waals surface area contributed by atoms with Gasteiger partial charge in [0.15, 0.2) is 0 Å². The molecule has 5 heteroatoms. The van der Waals surface area contributed by atoms with Gasteiger partial charge >= 0.3 is 0 Å².